The highest BCUT2D eigenvalue weighted by molar-refractivity contribution is 9.10. The van der Waals surface area contributed by atoms with Crippen molar-refractivity contribution in [3.63, 3.8) is 0 Å². The molecule has 0 saturated carbocycles. The fourth-order valence-corrected chi connectivity index (χ4v) is 6.01. The van der Waals surface area contributed by atoms with Crippen molar-refractivity contribution in [2.24, 2.45) is 0 Å². The monoisotopic (exact) mass is 657 g/mol. The third-order valence-corrected chi connectivity index (χ3v) is 8.19. The summed E-state index contributed by atoms with van der Waals surface area (Å²) in [6, 6.07) is 23.3. The summed E-state index contributed by atoms with van der Waals surface area (Å²) in [4.78, 5) is 29.3. The van der Waals surface area contributed by atoms with Crippen molar-refractivity contribution in [1.82, 2.24) is 10.2 Å². The minimum atomic E-state index is -3.62. The van der Waals surface area contributed by atoms with Crippen molar-refractivity contribution in [3.8, 4) is 5.75 Å². The number of hydrogen-bond donors (Lipinski definition) is 1. The molecule has 2 amide bonds. The van der Waals surface area contributed by atoms with Gasteiger partial charge in [-0.2, -0.15) is 0 Å². The van der Waals surface area contributed by atoms with Crippen molar-refractivity contribution in [2.75, 3.05) is 24.2 Å². The Balaban J connectivity index is 1.91. The van der Waals surface area contributed by atoms with Gasteiger partial charge in [0.05, 0.1) is 19.1 Å². The number of halogens is 1. The highest BCUT2D eigenvalue weighted by Gasteiger charge is 2.32. The average molecular weight is 659 g/mol. The first-order chi connectivity index (χ1) is 19.8. The maximum Gasteiger partial charge on any atom is 0.243 e. The molecule has 3 rings (SSSR count). The molecular weight excluding hydrogens is 618 g/mol. The van der Waals surface area contributed by atoms with Crippen LogP contribution in [0.2, 0.25) is 0 Å². The lowest BCUT2D eigenvalue weighted by Gasteiger charge is -2.34. The van der Waals surface area contributed by atoms with Crippen LogP contribution in [-0.2, 0) is 32.6 Å². The van der Waals surface area contributed by atoms with Gasteiger partial charge in [-0.15, -0.1) is 0 Å². The summed E-state index contributed by atoms with van der Waals surface area (Å²) in [5, 5.41) is 3.06. The Morgan fingerprint density at radius 2 is 1.62 bits per heavy atom. The van der Waals surface area contributed by atoms with Crippen molar-refractivity contribution in [1.29, 1.82) is 0 Å². The number of carbonyl (C=O) groups excluding carboxylic acids is 2. The van der Waals surface area contributed by atoms with Crippen LogP contribution in [0, 0.1) is 0 Å². The molecule has 3 aromatic rings. The van der Waals surface area contributed by atoms with E-state index in [-0.39, 0.29) is 37.7 Å². The zero-order valence-electron chi connectivity index (χ0n) is 24.8. The zero-order chi connectivity index (χ0) is 30.9. The minimum absolute atomic E-state index is 0.0537. The number of sulfonamides is 1. The first-order valence-electron chi connectivity index (χ1n) is 13.8. The van der Waals surface area contributed by atoms with Gasteiger partial charge in [-0.1, -0.05) is 64.5 Å². The molecule has 42 heavy (non-hydrogen) atoms. The molecule has 8 nitrogen and oxygen atoms in total. The van der Waals surface area contributed by atoms with Crippen LogP contribution in [0.5, 0.6) is 5.75 Å². The summed E-state index contributed by atoms with van der Waals surface area (Å²) in [6.45, 7) is 6.04. The van der Waals surface area contributed by atoms with Crippen LogP contribution in [0.4, 0.5) is 5.69 Å². The van der Waals surface area contributed by atoms with Gasteiger partial charge in [-0.25, -0.2) is 8.42 Å². The van der Waals surface area contributed by atoms with Gasteiger partial charge < -0.3 is 15.0 Å². The molecule has 10 heteroatoms. The molecule has 0 aliphatic carbocycles. The van der Waals surface area contributed by atoms with E-state index in [0.717, 1.165) is 21.9 Å². The molecular formula is C32H40BrN3O5S. The first kappa shape index (κ1) is 33.1. The number of amides is 2. The van der Waals surface area contributed by atoms with Gasteiger partial charge in [0, 0.05) is 42.0 Å². The fourth-order valence-electron chi connectivity index (χ4n) is 4.61. The smallest absolute Gasteiger partial charge is 0.243 e. The first-order valence-corrected chi connectivity index (χ1v) is 16.4. The quantitative estimate of drug-likeness (QED) is 0.260. The summed E-state index contributed by atoms with van der Waals surface area (Å²) in [6.07, 6.45) is 1.79. The van der Waals surface area contributed by atoms with E-state index in [4.69, 9.17) is 4.74 Å². The Bertz CT molecular complexity index is 1460. The van der Waals surface area contributed by atoms with Crippen molar-refractivity contribution >= 4 is 43.5 Å². The SMILES string of the molecule is COc1cccc(N(CCCC(=O)N(Cc2cccc(Br)c2)[C@@H](Cc2ccccc2)C(=O)NC(C)(C)C)S(C)(=O)=O)c1. The second kappa shape index (κ2) is 14.7. The molecule has 0 spiro atoms. The van der Waals surface area contributed by atoms with E-state index in [2.05, 4.69) is 21.2 Å². The van der Waals surface area contributed by atoms with Gasteiger partial charge in [0.2, 0.25) is 21.8 Å². The topological polar surface area (TPSA) is 96.0 Å². The molecule has 3 aromatic carbocycles. The number of benzene rings is 3. The van der Waals surface area contributed by atoms with E-state index < -0.39 is 21.6 Å². The van der Waals surface area contributed by atoms with Gasteiger partial charge in [0.1, 0.15) is 11.8 Å². The Hall–Kier alpha value is -3.37. The van der Waals surface area contributed by atoms with Gasteiger partial charge >= 0.3 is 0 Å². The lowest BCUT2D eigenvalue weighted by atomic mass is 10.00. The highest BCUT2D eigenvalue weighted by Crippen LogP contribution is 2.24. The zero-order valence-corrected chi connectivity index (χ0v) is 27.2. The lowest BCUT2D eigenvalue weighted by molar-refractivity contribution is -0.142. The molecule has 0 aromatic heterocycles. The molecule has 1 atom stereocenters. The Labute approximate surface area is 258 Å². The van der Waals surface area contributed by atoms with Crippen LogP contribution >= 0.6 is 15.9 Å². The number of carbonyl (C=O) groups is 2. The van der Waals surface area contributed by atoms with Crippen LogP contribution in [0.1, 0.15) is 44.7 Å². The largest absolute Gasteiger partial charge is 0.497 e. The minimum Gasteiger partial charge on any atom is -0.497 e. The maximum absolute atomic E-state index is 13.9. The highest BCUT2D eigenvalue weighted by atomic mass is 79.9. The van der Waals surface area contributed by atoms with E-state index in [1.807, 2.05) is 75.4 Å². The van der Waals surface area contributed by atoms with Gasteiger partial charge in [-0.3, -0.25) is 13.9 Å². The van der Waals surface area contributed by atoms with Crippen LogP contribution < -0.4 is 14.4 Å². The van der Waals surface area contributed by atoms with Gasteiger partial charge in [0.25, 0.3) is 0 Å². The molecule has 0 radical (unpaired) electrons. The Kier molecular flexibility index (Phi) is 11.6. The Morgan fingerprint density at radius 3 is 2.24 bits per heavy atom. The maximum atomic E-state index is 13.9. The van der Waals surface area contributed by atoms with Crippen LogP contribution in [0.25, 0.3) is 0 Å². The Morgan fingerprint density at radius 1 is 0.952 bits per heavy atom. The summed E-state index contributed by atoms with van der Waals surface area (Å²) < 4.78 is 32.8. The second-order valence-electron chi connectivity index (χ2n) is 11.2. The molecule has 0 unspecified atom stereocenters. The number of anilines is 1. The van der Waals surface area contributed by atoms with Crippen LogP contribution in [0.3, 0.4) is 0 Å². The summed E-state index contributed by atoms with van der Waals surface area (Å²) in [5.74, 6) is 0.0499. The summed E-state index contributed by atoms with van der Waals surface area (Å²) in [5.41, 5.74) is 1.76. The van der Waals surface area contributed by atoms with Crippen molar-refractivity contribution < 1.29 is 22.7 Å². The standard InChI is InChI=1S/C32H40BrN3O5S/c1-32(2,3)34-31(38)29(21-24-12-7-6-8-13-24)35(23-25-14-9-15-26(33)20-25)30(37)18-11-19-36(42(5,39)40)27-16-10-17-28(22-27)41-4/h6-10,12-17,20,22,29H,11,18-19,21,23H2,1-5H3,(H,34,38)/t29-/m0/s1. The molecule has 226 valence electrons. The van der Waals surface area contributed by atoms with E-state index in [0.29, 0.717) is 17.9 Å². The molecule has 1 N–H and O–H groups in total. The van der Waals surface area contributed by atoms with E-state index in [1.54, 1.807) is 29.2 Å². The number of nitrogens with zero attached hydrogens (tertiary/aromatic N) is 2. The summed E-state index contributed by atoms with van der Waals surface area (Å²) in [7, 11) is -2.10. The average Bonchev–Trinajstić information content (AvgIpc) is 2.92. The number of ether oxygens (including phenoxy) is 1. The van der Waals surface area contributed by atoms with E-state index in [1.165, 1.54) is 11.4 Å². The molecule has 0 bridgehead atoms. The number of rotatable bonds is 13. The predicted octanol–water partition coefficient (Wildman–Crippen LogP) is 5.56. The van der Waals surface area contributed by atoms with Gasteiger partial charge in [-0.05, 0) is 62.6 Å². The second-order valence-corrected chi connectivity index (χ2v) is 14.1. The van der Waals surface area contributed by atoms with Crippen molar-refractivity contribution in [3.05, 3.63) is 94.5 Å². The van der Waals surface area contributed by atoms with Crippen LogP contribution in [0.15, 0.2) is 83.3 Å². The lowest BCUT2D eigenvalue weighted by Crippen LogP contribution is -2.54. The molecule has 0 aliphatic rings. The molecule has 0 heterocycles. The fraction of sp³-hybridized carbons (Fsp3) is 0.375. The normalized spacial score (nSPS) is 12.3. The molecule has 0 saturated heterocycles. The van der Waals surface area contributed by atoms with Crippen LogP contribution in [-0.4, -0.2) is 56.6 Å². The number of methoxy groups -OCH3 is 1. The molecule has 0 aliphatic heterocycles. The number of hydrogen-bond acceptors (Lipinski definition) is 5. The third kappa shape index (κ3) is 10.2. The third-order valence-electron chi connectivity index (χ3n) is 6.50. The van der Waals surface area contributed by atoms with E-state index >= 15 is 0 Å². The number of nitrogens with one attached hydrogen (secondary N) is 1. The van der Waals surface area contributed by atoms with Crippen molar-refractivity contribution in [2.45, 2.75) is 58.2 Å². The van der Waals surface area contributed by atoms with E-state index in [9.17, 15) is 18.0 Å². The predicted molar refractivity (Wildman–Crippen MR) is 171 cm³/mol. The van der Waals surface area contributed by atoms with Gasteiger partial charge in [0.15, 0.2) is 0 Å². The summed E-state index contributed by atoms with van der Waals surface area (Å²) >= 11 is 3.50. The molecule has 0 fully saturated rings.